The van der Waals surface area contributed by atoms with Crippen LogP contribution < -0.4 is 5.14 Å². The van der Waals surface area contributed by atoms with E-state index >= 15 is 0 Å². The fourth-order valence-electron chi connectivity index (χ4n) is 2.13. The highest BCUT2D eigenvalue weighted by Gasteiger charge is 2.33. The number of halogens is 2. The number of nitrogens with zero attached hydrogens (tertiary/aromatic N) is 1. The van der Waals surface area contributed by atoms with Gasteiger partial charge in [-0.3, -0.25) is 10.1 Å². The van der Waals surface area contributed by atoms with Gasteiger partial charge in [-0.05, 0) is 12.0 Å². The molecule has 0 heterocycles. The average Bonchev–Trinajstić information content (AvgIpc) is 2.42. The van der Waals surface area contributed by atoms with Crippen LogP contribution in [0.2, 0.25) is 10.0 Å². The van der Waals surface area contributed by atoms with Crippen LogP contribution in [0.4, 0.5) is 5.69 Å². The van der Waals surface area contributed by atoms with Crippen molar-refractivity contribution >= 4 is 38.9 Å². The SMILES string of the molecule is COCCc1c(Cl)c(S(N)(=O)=O)c(Cl)c([N+](=O)[O-])c1CCOC. The Balaban J connectivity index is 3.81. The minimum absolute atomic E-state index is 0.135. The largest absolute Gasteiger partial charge is 0.384 e. The van der Waals surface area contributed by atoms with E-state index in [1.165, 1.54) is 14.2 Å². The highest BCUT2D eigenvalue weighted by atomic mass is 35.5. The van der Waals surface area contributed by atoms with Crippen molar-refractivity contribution in [2.45, 2.75) is 17.7 Å². The number of benzene rings is 1. The molecule has 0 aliphatic carbocycles. The minimum Gasteiger partial charge on any atom is -0.384 e. The second-order valence-electron chi connectivity index (χ2n) is 4.55. The van der Waals surface area contributed by atoms with Crippen LogP contribution in [0.15, 0.2) is 4.90 Å². The molecule has 0 aromatic heterocycles. The van der Waals surface area contributed by atoms with Crippen molar-refractivity contribution in [1.29, 1.82) is 0 Å². The van der Waals surface area contributed by atoms with Crippen molar-refractivity contribution in [2.24, 2.45) is 5.14 Å². The smallest absolute Gasteiger partial charge is 0.292 e. The summed E-state index contributed by atoms with van der Waals surface area (Å²) in [7, 11) is -1.47. The molecular formula is C12H16Cl2N2O6S. The molecule has 0 radical (unpaired) electrons. The normalized spacial score (nSPS) is 11.7. The molecule has 0 unspecified atom stereocenters. The summed E-state index contributed by atoms with van der Waals surface area (Å²) in [5, 5.41) is 15.7. The van der Waals surface area contributed by atoms with Gasteiger partial charge in [-0.25, -0.2) is 13.6 Å². The van der Waals surface area contributed by atoms with Gasteiger partial charge in [0.2, 0.25) is 10.0 Å². The van der Waals surface area contributed by atoms with Gasteiger partial charge >= 0.3 is 0 Å². The Bertz CT molecular complexity index is 708. The maximum Gasteiger partial charge on any atom is 0.292 e. The first kappa shape index (κ1) is 20.1. The molecular weight excluding hydrogens is 371 g/mol. The van der Waals surface area contributed by atoms with Gasteiger partial charge in [0.05, 0.1) is 23.2 Å². The molecule has 1 aromatic carbocycles. The number of hydrogen-bond donors (Lipinski definition) is 1. The van der Waals surface area contributed by atoms with Gasteiger partial charge in [-0.2, -0.15) is 0 Å². The van der Waals surface area contributed by atoms with Gasteiger partial charge in [0.1, 0.15) is 9.92 Å². The van der Waals surface area contributed by atoms with Gasteiger partial charge < -0.3 is 9.47 Å². The summed E-state index contributed by atoms with van der Waals surface area (Å²) in [5.74, 6) is 0. The molecule has 0 spiro atoms. The van der Waals surface area contributed by atoms with Gasteiger partial charge in [-0.15, -0.1) is 0 Å². The summed E-state index contributed by atoms with van der Waals surface area (Å²) in [6, 6.07) is 0. The standard InChI is InChI=1S/C12H16Cl2N2O6S/c1-21-5-3-7-8(4-6-22-2)11(16(17)18)10(14)12(9(7)13)23(15,19)20/h3-6H2,1-2H3,(H2,15,19,20). The lowest BCUT2D eigenvalue weighted by Crippen LogP contribution is -2.17. The fourth-order valence-corrected chi connectivity index (χ4v) is 4.12. The Labute approximate surface area is 143 Å². The number of nitrogens with two attached hydrogens (primary N) is 1. The molecule has 0 aliphatic rings. The van der Waals surface area contributed by atoms with E-state index in [4.69, 9.17) is 37.8 Å². The number of methoxy groups -OCH3 is 2. The van der Waals surface area contributed by atoms with Crippen molar-refractivity contribution in [3.63, 3.8) is 0 Å². The minimum atomic E-state index is -4.35. The highest BCUT2D eigenvalue weighted by molar-refractivity contribution is 7.89. The second kappa shape index (κ2) is 8.22. The molecule has 0 saturated carbocycles. The summed E-state index contributed by atoms with van der Waals surface area (Å²) in [6.07, 6.45) is 0.297. The van der Waals surface area contributed by atoms with Crippen molar-refractivity contribution in [3.05, 3.63) is 31.3 Å². The zero-order valence-electron chi connectivity index (χ0n) is 12.5. The first-order chi connectivity index (χ1) is 10.7. The van der Waals surface area contributed by atoms with Crippen molar-refractivity contribution in [3.8, 4) is 0 Å². The van der Waals surface area contributed by atoms with Crippen LogP contribution >= 0.6 is 23.2 Å². The predicted molar refractivity (Wildman–Crippen MR) is 85.6 cm³/mol. The van der Waals surface area contributed by atoms with Crippen LogP contribution in [0.25, 0.3) is 0 Å². The van der Waals surface area contributed by atoms with E-state index in [9.17, 15) is 18.5 Å². The first-order valence-electron chi connectivity index (χ1n) is 6.34. The van der Waals surface area contributed by atoms with E-state index in [2.05, 4.69) is 0 Å². The summed E-state index contributed by atoms with van der Waals surface area (Å²) in [6.45, 7) is 0.352. The van der Waals surface area contributed by atoms with E-state index < -0.39 is 30.6 Å². The average molecular weight is 387 g/mol. The molecule has 0 aliphatic heterocycles. The lowest BCUT2D eigenvalue weighted by molar-refractivity contribution is -0.385. The first-order valence-corrected chi connectivity index (χ1v) is 8.64. The third-order valence-corrected chi connectivity index (χ3v) is 5.09. The molecule has 0 amide bonds. The third-order valence-electron chi connectivity index (χ3n) is 3.10. The van der Waals surface area contributed by atoms with Crippen molar-refractivity contribution in [2.75, 3.05) is 27.4 Å². The van der Waals surface area contributed by atoms with E-state index in [1.54, 1.807) is 0 Å². The van der Waals surface area contributed by atoms with Gasteiger partial charge in [0.25, 0.3) is 5.69 Å². The Morgan fingerprint density at radius 2 is 1.57 bits per heavy atom. The van der Waals surface area contributed by atoms with Gasteiger partial charge in [-0.1, -0.05) is 23.2 Å². The maximum absolute atomic E-state index is 11.7. The molecule has 0 atom stereocenters. The Kier molecular flexibility index (Phi) is 7.18. The molecule has 130 valence electrons. The highest BCUT2D eigenvalue weighted by Crippen LogP contribution is 2.42. The molecule has 23 heavy (non-hydrogen) atoms. The van der Waals surface area contributed by atoms with E-state index in [1.807, 2.05) is 0 Å². The number of sulfonamides is 1. The number of ether oxygens (including phenoxy) is 2. The number of primary sulfonamides is 1. The molecule has 0 saturated heterocycles. The van der Waals surface area contributed by atoms with Crippen LogP contribution in [0.1, 0.15) is 11.1 Å². The fraction of sp³-hybridized carbons (Fsp3) is 0.500. The van der Waals surface area contributed by atoms with E-state index in [-0.39, 0.29) is 42.2 Å². The van der Waals surface area contributed by atoms with Crippen molar-refractivity contribution < 1.29 is 22.8 Å². The Morgan fingerprint density at radius 1 is 1.09 bits per heavy atom. The summed E-state index contributed by atoms with van der Waals surface area (Å²) < 4.78 is 33.3. The maximum atomic E-state index is 11.7. The van der Waals surface area contributed by atoms with E-state index in [0.717, 1.165) is 0 Å². The molecule has 1 aromatic rings. The molecule has 1 rings (SSSR count). The number of nitro groups is 1. The quantitative estimate of drug-likeness (QED) is 0.537. The van der Waals surface area contributed by atoms with Crippen LogP contribution in [0.5, 0.6) is 0 Å². The summed E-state index contributed by atoms with van der Waals surface area (Å²) >= 11 is 12.1. The summed E-state index contributed by atoms with van der Waals surface area (Å²) in [4.78, 5) is 9.98. The molecule has 2 N–H and O–H groups in total. The van der Waals surface area contributed by atoms with Gasteiger partial charge in [0, 0.05) is 26.2 Å². The van der Waals surface area contributed by atoms with Gasteiger partial charge in [0.15, 0.2) is 0 Å². The lowest BCUT2D eigenvalue weighted by Gasteiger charge is -2.16. The zero-order chi connectivity index (χ0) is 17.8. The Hall–Kier alpha value is -0.970. The molecule has 11 heteroatoms. The molecule has 0 bridgehead atoms. The molecule has 8 nitrogen and oxygen atoms in total. The topological polar surface area (TPSA) is 122 Å². The lowest BCUT2D eigenvalue weighted by atomic mass is 10.00. The number of rotatable bonds is 8. The van der Waals surface area contributed by atoms with E-state index in [0.29, 0.717) is 0 Å². The number of nitro benzene ring substituents is 1. The summed E-state index contributed by atoms with van der Waals surface area (Å²) in [5.41, 5.74) is -0.0785. The predicted octanol–water partition coefficient (Wildman–Crippen LogP) is 1.93. The van der Waals surface area contributed by atoms with Crippen LogP contribution in [-0.4, -0.2) is 40.8 Å². The number of hydrogen-bond acceptors (Lipinski definition) is 6. The zero-order valence-corrected chi connectivity index (χ0v) is 14.8. The molecule has 0 fully saturated rings. The van der Waals surface area contributed by atoms with Crippen LogP contribution in [0, 0.1) is 10.1 Å². The van der Waals surface area contributed by atoms with Crippen LogP contribution in [-0.2, 0) is 32.3 Å². The van der Waals surface area contributed by atoms with Crippen molar-refractivity contribution in [1.82, 2.24) is 0 Å². The van der Waals surface area contributed by atoms with Crippen LogP contribution in [0.3, 0.4) is 0 Å². The third kappa shape index (κ3) is 4.52. The monoisotopic (exact) mass is 386 g/mol. The Morgan fingerprint density at radius 3 is 1.96 bits per heavy atom. The second-order valence-corrected chi connectivity index (χ2v) is 6.80.